The molecule has 0 saturated carbocycles. The second kappa shape index (κ2) is 7.75. The highest BCUT2D eigenvalue weighted by atomic mass is 16.5. The minimum absolute atomic E-state index is 0.0900. The molecule has 0 fully saturated rings. The summed E-state index contributed by atoms with van der Waals surface area (Å²) in [5.41, 5.74) is 1.70. The number of amides is 1. The molecular weight excluding hydrogens is 378 g/mol. The molecule has 0 aliphatic carbocycles. The molecule has 0 saturated heterocycles. The second-order valence-electron chi connectivity index (χ2n) is 6.78. The van der Waals surface area contributed by atoms with Crippen molar-refractivity contribution in [2.24, 2.45) is 0 Å². The molecular formula is C21H21NO7. The normalized spacial score (nSPS) is 18.0. The lowest BCUT2D eigenvalue weighted by Crippen LogP contribution is -2.51. The smallest absolute Gasteiger partial charge is 0.328 e. The van der Waals surface area contributed by atoms with Gasteiger partial charge in [0.1, 0.15) is 6.04 Å². The van der Waals surface area contributed by atoms with Gasteiger partial charge in [-0.1, -0.05) is 12.6 Å². The number of esters is 1. The fraction of sp³-hybridized carbons (Fsp3) is 0.238. The first-order valence-electron chi connectivity index (χ1n) is 8.85. The fourth-order valence-corrected chi connectivity index (χ4v) is 3.67. The highest BCUT2D eigenvalue weighted by molar-refractivity contribution is 5.92. The molecule has 8 heteroatoms. The van der Waals surface area contributed by atoms with Gasteiger partial charge in [-0.2, -0.15) is 0 Å². The van der Waals surface area contributed by atoms with E-state index in [1.54, 1.807) is 6.07 Å². The maximum absolute atomic E-state index is 12.7. The number of rotatable bonds is 4. The Bertz CT molecular complexity index is 985. The van der Waals surface area contributed by atoms with E-state index >= 15 is 0 Å². The van der Waals surface area contributed by atoms with E-state index in [0.717, 1.165) is 6.08 Å². The largest absolute Gasteiger partial charge is 0.504 e. The lowest BCUT2D eigenvalue weighted by atomic mass is 9.84. The van der Waals surface area contributed by atoms with Crippen molar-refractivity contribution in [1.29, 1.82) is 0 Å². The zero-order valence-electron chi connectivity index (χ0n) is 15.7. The first-order valence-corrected chi connectivity index (χ1v) is 8.85. The predicted molar refractivity (Wildman–Crippen MR) is 103 cm³/mol. The van der Waals surface area contributed by atoms with Crippen LogP contribution >= 0.6 is 0 Å². The third kappa shape index (κ3) is 3.69. The lowest BCUT2D eigenvalue weighted by Gasteiger charge is -2.41. The van der Waals surface area contributed by atoms with Crippen molar-refractivity contribution >= 4 is 11.9 Å². The average Bonchev–Trinajstić information content (AvgIpc) is 2.70. The number of hydrogen-bond donors (Lipinski definition) is 4. The molecule has 0 aromatic heterocycles. The molecule has 4 N–H and O–H groups in total. The molecule has 2 aromatic carbocycles. The topological polar surface area (TPSA) is 128 Å². The van der Waals surface area contributed by atoms with E-state index < -0.39 is 24.0 Å². The van der Waals surface area contributed by atoms with Crippen molar-refractivity contribution in [2.45, 2.75) is 24.9 Å². The van der Waals surface area contributed by atoms with E-state index in [0.29, 0.717) is 16.7 Å². The Morgan fingerprint density at radius 2 is 1.76 bits per heavy atom. The van der Waals surface area contributed by atoms with Crippen LogP contribution < -0.4 is 0 Å². The van der Waals surface area contributed by atoms with Crippen LogP contribution in [0.1, 0.15) is 22.7 Å². The summed E-state index contributed by atoms with van der Waals surface area (Å²) in [6.07, 6.45) is 1.34. The highest BCUT2D eigenvalue weighted by Crippen LogP contribution is 2.41. The molecule has 0 unspecified atom stereocenters. The van der Waals surface area contributed by atoms with E-state index in [-0.39, 0.29) is 35.8 Å². The Labute approximate surface area is 166 Å². The van der Waals surface area contributed by atoms with E-state index in [4.69, 9.17) is 4.74 Å². The van der Waals surface area contributed by atoms with Crippen LogP contribution in [-0.2, 0) is 27.2 Å². The van der Waals surface area contributed by atoms with Crippen LogP contribution in [-0.4, -0.2) is 50.4 Å². The van der Waals surface area contributed by atoms with Crippen LogP contribution in [0.25, 0.3) is 0 Å². The van der Waals surface area contributed by atoms with Gasteiger partial charge in [0, 0.05) is 6.42 Å². The van der Waals surface area contributed by atoms with Gasteiger partial charge in [0.25, 0.3) is 0 Å². The van der Waals surface area contributed by atoms with Crippen LogP contribution in [0.4, 0.5) is 0 Å². The van der Waals surface area contributed by atoms with Gasteiger partial charge in [-0.3, -0.25) is 4.79 Å². The summed E-state index contributed by atoms with van der Waals surface area (Å²) < 4.78 is 4.86. The number of phenolic OH excluding ortho intramolecular Hbond substituents is 4. The Hall–Kier alpha value is -3.68. The van der Waals surface area contributed by atoms with Gasteiger partial charge in [-0.25, -0.2) is 4.79 Å². The molecule has 1 amide bonds. The summed E-state index contributed by atoms with van der Waals surface area (Å²) in [4.78, 5) is 26.4. The number of phenols is 4. The summed E-state index contributed by atoms with van der Waals surface area (Å²) in [6.45, 7) is 3.50. The maximum Gasteiger partial charge on any atom is 0.328 e. The molecule has 2 atom stereocenters. The van der Waals surface area contributed by atoms with Gasteiger partial charge >= 0.3 is 5.97 Å². The number of carbonyl (C=O) groups excluding carboxylic acids is 2. The Morgan fingerprint density at radius 1 is 1.10 bits per heavy atom. The number of ether oxygens (including phenoxy) is 1. The molecule has 2 aromatic rings. The van der Waals surface area contributed by atoms with Crippen LogP contribution in [0.5, 0.6) is 23.0 Å². The standard InChI is InChI=1S/C21H21NO7/c1-3-20(27)22-14(6-11-4-5-16(23)17(24)7-11)13-10-19(26)18(25)9-12(13)8-15(22)21(28)29-2/h3-5,7,9-10,14-15,23-26H,1,6,8H2,2H3/t14-,15-/m0/s1. The van der Waals surface area contributed by atoms with Crippen LogP contribution in [0.3, 0.4) is 0 Å². The van der Waals surface area contributed by atoms with Gasteiger partial charge < -0.3 is 30.1 Å². The number of methoxy groups -OCH3 is 1. The molecule has 1 aliphatic rings. The molecule has 0 radical (unpaired) electrons. The van der Waals surface area contributed by atoms with Gasteiger partial charge in [0.05, 0.1) is 13.2 Å². The lowest BCUT2D eigenvalue weighted by molar-refractivity contribution is -0.154. The minimum atomic E-state index is -0.961. The molecule has 8 nitrogen and oxygen atoms in total. The van der Waals surface area contributed by atoms with Crippen LogP contribution in [0, 0.1) is 0 Å². The second-order valence-corrected chi connectivity index (χ2v) is 6.78. The SMILES string of the molecule is C=CC(=O)N1[C@H](C(=O)OC)Cc2cc(O)c(O)cc2[C@@H]1Cc1ccc(O)c(O)c1. The van der Waals surface area contributed by atoms with Gasteiger partial charge in [0.15, 0.2) is 23.0 Å². The number of carbonyl (C=O) groups is 2. The maximum atomic E-state index is 12.7. The third-order valence-corrected chi connectivity index (χ3v) is 5.05. The summed E-state index contributed by atoms with van der Waals surface area (Å²) in [5, 5.41) is 39.3. The number of nitrogens with zero attached hydrogens (tertiary/aromatic N) is 1. The van der Waals surface area contributed by atoms with Crippen molar-refractivity contribution in [3.05, 3.63) is 59.7 Å². The Morgan fingerprint density at radius 3 is 2.38 bits per heavy atom. The average molecular weight is 399 g/mol. The molecule has 29 heavy (non-hydrogen) atoms. The zero-order valence-corrected chi connectivity index (χ0v) is 15.7. The van der Waals surface area contributed by atoms with Gasteiger partial charge in [-0.15, -0.1) is 0 Å². The summed E-state index contributed by atoms with van der Waals surface area (Å²) in [5.74, 6) is -2.43. The van der Waals surface area contributed by atoms with E-state index in [2.05, 4.69) is 6.58 Å². The van der Waals surface area contributed by atoms with Crippen molar-refractivity contribution < 1.29 is 34.8 Å². The molecule has 152 valence electrons. The van der Waals surface area contributed by atoms with Gasteiger partial charge in [-0.05, 0) is 53.5 Å². The molecule has 3 rings (SSSR count). The summed E-state index contributed by atoms with van der Waals surface area (Å²) >= 11 is 0. The predicted octanol–water partition coefficient (Wildman–Crippen LogP) is 1.91. The Kier molecular flexibility index (Phi) is 5.36. The molecule has 1 heterocycles. The highest BCUT2D eigenvalue weighted by Gasteiger charge is 2.41. The number of fused-ring (bicyclic) bond motifs is 1. The number of hydrogen-bond acceptors (Lipinski definition) is 7. The van der Waals surface area contributed by atoms with E-state index in [1.165, 1.54) is 36.3 Å². The Balaban J connectivity index is 2.16. The van der Waals surface area contributed by atoms with Crippen molar-refractivity contribution in [3.8, 4) is 23.0 Å². The van der Waals surface area contributed by atoms with Crippen molar-refractivity contribution in [2.75, 3.05) is 7.11 Å². The first-order chi connectivity index (χ1) is 13.8. The van der Waals surface area contributed by atoms with Crippen molar-refractivity contribution in [3.63, 3.8) is 0 Å². The van der Waals surface area contributed by atoms with Crippen LogP contribution in [0.15, 0.2) is 43.0 Å². The summed E-state index contributed by atoms with van der Waals surface area (Å²) in [6, 6.07) is 5.28. The van der Waals surface area contributed by atoms with E-state index in [1.807, 2.05) is 0 Å². The number of aromatic hydroxyl groups is 4. The molecule has 1 aliphatic heterocycles. The quantitative estimate of drug-likeness (QED) is 0.351. The zero-order chi connectivity index (χ0) is 21.3. The number of benzene rings is 2. The van der Waals surface area contributed by atoms with E-state index in [9.17, 15) is 30.0 Å². The van der Waals surface area contributed by atoms with Crippen LogP contribution in [0.2, 0.25) is 0 Å². The van der Waals surface area contributed by atoms with Gasteiger partial charge in [0.2, 0.25) is 5.91 Å². The molecule has 0 spiro atoms. The summed E-state index contributed by atoms with van der Waals surface area (Å²) in [7, 11) is 1.22. The minimum Gasteiger partial charge on any atom is -0.504 e. The third-order valence-electron chi connectivity index (χ3n) is 5.05. The monoisotopic (exact) mass is 399 g/mol. The first kappa shape index (κ1) is 20.1. The fourth-order valence-electron chi connectivity index (χ4n) is 3.67. The molecule has 0 bridgehead atoms. The van der Waals surface area contributed by atoms with Crippen molar-refractivity contribution in [1.82, 2.24) is 4.90 Å².